The summed E-state index contributed by atoms with van der Waals surface area (Å²) in [7, 11) is 0. The van der Waals surface area contributed by atoms with E-state index in [0.29, 0.717) is 5.69 Å². The highest BCUT2D eigenvalue weighted by Crippen LogP contribution is 2.28. The summed E-state index contributed by atoms with van der Waals surface area (Å²) < 4.78 is 0. The van der Waals surface area contributed by atoms with Crippen LogP contribution in [0.4, 0.5) is 5.69 Å². The van der Waals surface area contributed by atoms with Gasteiger partial charge in [-0.15, -0.1) is 11.3 Å². The fourth-order valence-corrected chi connectivity index (χ4v) is 2.59. The topological polar surface area (TPSA) is 87.7 Å². The zero-order chi connectivity index (χ0) is 15.5. The smallest absolute Gasteiger partial charge is 0.274 e. The Hall–Kier alpha value is -2.80. The Morgan fingerprint density at radius 3 is 2.86 bits per heavy atom. The number of aromatic amines is 1. The maximum Gasteiger partial charge on any atom is 0.274 e. The molecular weight excluding hydrogens is 300 g/mol. The van der Waals surface area contributed by atoms with Gasteiger partial charge in [0.2, 0.25) is 0 Å². The van der Waals surface area contributed by atoms with Crippen molar-refractivity contribution in [3.63, 3.8) is 0 Å². The summed E-state index contributed by atoms with van der Waals surface area (Å²) >= 11 is 1.54. The van der Waals surface area contributed by atoms with E-state index in [1.165, 1.54) is 6.33 Å². The van der Waals surface area contributed by atoms with Crippen molar-refractivity contribution in [3.05, 3.63) is 63.1 Å². The lowest BCUT2D eigenvalue weighted by molar-refractivity contribution is 0.102. The second kappa shape index (κ2) is 5.90. The Kier molecular flexibility index (Phi) is 3.80. The van der Waals surface area contributed by atoms with Crippen LogP contribution in [-0.2, 0) is 0 Å². The van der Waals surface area contributed by atoms with Crippen molar-refractivity contribution >= 4 is 22.9 Å². The molecule has 2 heterocycles. The van der Waals surface area contributed by atoms with Crippen LogP contribution < -0.4 is 10.9 Å². The molecule has 0 spiro atoms. The zero-order valence-corrected chi connectivity index (χ0v) is 12.5. The third-order valence-corrected chi connectivity index (χ3v) is 3.75. The summed E-state index contributed by atoms with van der Waals surface area (Å²) in [6, 6.07) is 8.53. The predicted octanol–water partition coefficient (Wildman–Crippen LogP) is 2.45. The van der Waals surface area contributed by atoms with E-state index in [-0.39, 0.29) is 11.3 Å². The Morgan fingerprint density at radius 2 is 2.14 bits per heavy atom. The van der Waals surface area contributed by atoms with Gasteiger partial charge < -0.3 is 10.3 Å². The molecule has 6 nitrogen and oxygen atoms in total. The van der Waals surface area contributed by atoms with Gasteiger partial charge >= 0.3 is 0 Å². The Labute approximate surface area is 129 Å². The highest BCUT2D eigenvalue weighted by Gasteiger charge is 2.13. The Morgan fingerprint density at radius 1 is 1.32 bits per heavy atom. The van der Waals surface area contributed by atoms with Crippen molar-refractivity contribution in [2.45, 2.75) is 6.92 Å². The highest BCUT2D eigenvalue weighted by molar-refractivity contribution is 7.09. The molecule has 0 saturated carbocycles. The maximum absolute atomic E-state index is 12.2. The molecular formula is C15H12N4O2S. The van der Waals surface area contributed by atoms with Crippen LogP contribution in [0, 0.1) is 6.92 Å². The summed E-state index contributed by atoms with van der Waals surface area (Å²) in [6.07, 6.45) is 1.20. The number of hydrogen-bond acceptors (Lipinski definition) is 5. The van der Waals surface area contributed by atoms with E-state index in [1.54, 1.807) is 17.4 Å². The van der Waals surface area contributed by atoms with Gasteiger partial charge in [-0.2, -0.15) is 0 Å². The molecule has 0 aliphatic heterocycles. The van der Waals surface area contributed by atoms with Crippen LogP contribution in [0.2, 0.25) is 0 Å². The molecule has 2 N–H and O–H groups in total. The average molecular weight is 312 g/mol. The summed E-state index contributed by atoms with van der Waals surface area (Å²) in [5.41, 5.74) is 1.94. The van der Waals surface area contributed by atoms with Gasteiger partial charge in [0.15, 0.2) is 0 Å². The van der Waals surface area contributed by atoms with Crippen molar-refractivity contribution in [1.82, 2.24) is 15.0 Å². The van der Waals surface area contributed by atoms with E-state index in [2.05, 4.69) is 20.3 Å². The number of para-hydroxylation sites is 1. The number of amides is 1. The van der Waals surface area contributed by atoms with Crippen molar-refractivity contribution in [3.8, 4) is 11.3 Å². The van der Waals surface area contributed by atoms with Gasteiger partial charge in [-0.25, -0.2) is 9.97 Å². The third-order valence-electron chi connectivity index (χ3n) is 2.98. The molecule has 1 aromatic carbocycles. The summed E-state index contributed by atoms with van der Waals surface area (Å²) in [6.45, 7) is 1.93. The summed E-state index contributed by atoms with van der Waals surface area (Å²) in [5.74, 6) is -0.439. The number of nitrogens with zero attached hydrogens (tertiary/aromatic N) is 2. The van der Waals surface area contributed by atoms with E-state index in [1.807, 2.05) is 30.5 Å². The molecule has 22 heavy (non-hydrogen) atoms. The van der Waals surface area contributed by atoms with Crippen LogP contribution in [0.5, 0.6) is 0 Å². The van der Waals surface area contributed by atoms with E-state index < -0.39 is 5.91 Å². The van der Waals surface area contributed by atoms with Gasteiger partial charge in [-0.05, 0) is 13.0 Å². The molecule has 110 valence electrons. The number of anilines is 1. The number of carbonyl (C=O) groups is 1. The highest BCUT2D eigenvalue weighted by atomic mass is 32.1. The molecule has 3 rings (SSSR count). The van der Waals surface area contributed by atoms with Gasteiger partial charge in [-0.1, -0.05) is 18.2 Å². The van der Waals surface area contributed by atoms with Crippen LogP contribution in [0.1, 0.15) is 15.5 Å². The third kappa shape index (κ3) is 2.94. The van der Waals surface area contributed by atoms with Crippen LogP contribution >= 0.6 is 11.3 Å². The van der Waals surface area contributed by atoms with E-state index in [0.717, 1.165) is 22.3 Å². The quantitative estimate of drug-likeness (QED) is 0.777. The molecule has 3 aromatic rings. The van der Waals surface area contributed by atoms with Gasteiger partial charge in [0, 0.05) is 17.0 Å². The van der Waals surface area contributed by atoms with Crippen molar-refractivity contribution in [1.29, 1.82) is 0 Å². The molecule has 0 aliphatic rings. The van der Waals surface area contributed by atoms with E-state index in [4.69, 9.17) is 0 Å². The largest absolute Gasteiger partial charge is 0.320 e. The van der Waals surface area contributed by atoms with Crippen molar-refractivity contribution in [2.24, 2.45) is 0 Å². The minimum Gasteiger partial charge on any atom is -0.320 e. The van der Waals surface area contributed by atoms with Crippen LogP contribution in [0.25, 0.3) is 11.3 Å². The second-order valence-corrected chi connectivity index (χ2v) is 5.61. The normalized spacial score (nSPS) is 10.4. The molecule has 0 bridgehead atoms. The molecule has 0 unspecified atom stereocenters. The van der Waals surface area contributed by atoms with Gasteiger partial charge in [0.25, 0.3) is 11.5 Å². The first-order valence-corrected chi connectivity index (χ1v) is 7.39. The summed E-state index contributed by atoms with van der Waals surface area (Å²) in [5, 5.41) is 5.66. The van der Waals surface area contributed by atoms with E-state index >= 15 is 0 Å². The molecule has 7 heteroatoms. The first-order chi connectivity index (χ1) is 10.6. The number of hydrogen-bond donors (Lipinski definition) is 2. The number of thiazole rings is 1. The van der Waals surface area contributed by atoms with E-state index in [9.17, 15) is 9.59 Å². The fraction of sp³-hybridized carbons (Fsp3) is 0.0667. The minimum absolute atomic E-state index is 0.0630. The van der Waals surface area contributed by atoms with Crippen molar-refractivity contribution < 1.29 is 4.79 Å². The average Bonchev–Trinajstić information content (AvgIpc) is 2.94. The number of aryl methyl sites for hydroxylation is 1. The maximum atomic E-state index is 12.2. The number of H-pyrrole nitrogens is 1. The number of nitrogens with one attached hydrogen (secondary N) is 2. The van der Waals surface area contributed by atoms with Crippen LogP contribution in [-0.4, -0.2) is 20.9 Å². The number of benzene rings is 1. The van der Waals surface area contributed by atoms with Crippen LogP contribution in [0.3, 0.4) is 0 Å². The SMILES string of the molecule is Cc1nc(-c2ccccc2NC(=O)c2cc(=O)[nH]cn2)cs1. The predicted molar refractivity (Wildman–Crippen MR) is 85.1 cm³/mol. The first-order valence-electron chi connectivity index (χ1n) is 6.51. The van der Waals surface area contributed by atoms with Gasteiger partial charge in [-0.3, -0.25) is 9.59 Å². The van der Waals surface area contributed by atoms with Crippen molar-refractivity contribution in [2.75, 3.05) is 5.32 Å². The lowest BCUT2D eigenvalue weighted by atomic mass is 10.1. The Bertz CT molecular complexity index is 885. The molecule has 0 fully saturated rings. The summed E-state index contributed by atoms with van der Waals surface area (Å²) in [4.78, 5) is 34.1. The molecule has 0 saturated heterocycles. The number of carbonyl (C=O) groups excluding carboxylic acids is 1. The van der Waals surface area contributed by atoms with Crippen LogP contribution in [0.15, 0.2) is 46.8 Å². The Balaban J connectivity index is 1.93. The zero-order valence-electron chi connectivity index (χ0n) is 11.7. The molecule has 0 atom stereocenters. The van der Waals surface area contributed by atoms with Gasteiger partial charge in [0.05, 0.1) is 22.7 Å². The number of aromatic nitrogens is 3. The minimum atomic E-state index is -0.439. The molecule has 0 radical (unpaired) electrons. The number of rotatable bonds is 3. The fourth-order valence-electron chi connectivity index (χ4n) is 1.98. The second-order valence-electron chi connectivity index (χ2n) is 4.55. The molecule has 0 aliphatic carbocycles. The first kappa shape index (κ1) is 14.2. The lowest BCUT2D eigenvalue weighted by Gasteiger charge is -2.09. The van der Waals surface area contributed by atoms with Gasteiger partial charge in [0.1, 0.15) is 5.69 Å². The standard InChI is InChI=1S/C15H12N4O2S/c1-9-18-13(7-22-9)10-4-2-3-5-11(10)19-15(21)12-6-14(20)17-8-16-12/h2-8H,1H3,(H,19,21)(H,16,17,20). The lowest BCUT2D eigenvalue weighted by Crippen LogP contribution is -2.18. The monoisotopic (exact) mass is 312 g/mol. The molecule has 1 amide bonds. The molecule has 2 aromatic heterocycles.